The van der Waals surface area contributed by atoms with Gasteiger partial charge in [-0.2, -0.15) is 0 Å². The van der Waals surface area contributed by atoms with E-state index < -0.39 is 28.2 Å². The molecule has 2 fully saturated rings. The predicted molar refractivity (Wildman–Crippen MR) is 130 cm³/mol. The van der Waals surface area contributed by atoms with Gasteiger partial charge < -0.3 is 19.7 Å². The number of amides is 2. The fourth-order valence-electron chi connectivity index (χ4n) is 5.40. The zero-order valence-electron chi connectivity index (χ0n) is 20.4. The highest BCUT2D eigenvalue weighted by molar-refractivity contribution is 6.03. The van der Waals surface area contributed by atoms with Crippen LogP contribution in [-0.2, 0) is 9.59 Å². The number of anilines is 2. The van der Waals surface area contributed by atoms with Crippen LogP contribution in [0.4, 0.5) is 20.2 Å². The smallest absolute Gasteiger partial charge is 0.234 e. The number of aliphatic imine (C=N–C) groups is 1. The first-order valence-corrected chi connectivity index (χ1v) is 11.6. The summed E-state index contributed by atoms with van der Waals surface area (Å²) >= 11 is 0. The zero-order chi connectivity index (χ0) is 25.8. The van der Waals surface area contributed by atoms with Crippen molar-refractivity contribution in [3.8, 4) is 11.5 Å². The van der Waals surface area contributed by atoms with Crippen molar-refractivity contribution in [1.82, 2.24) is 4.98 Å². The number of methoxy groups -OCH3 is 2. The summed E-state index contributed by atoms with van der Waals surface area (Å²) in [6, 6.07) is 2.89. The summed E-state index contributed by atoms with van der Waals surface area (Å²) in [4.78, 5) is 35.3. The summed E-state index contributed by atoms with van der Waals surface area (Å²) in [6.07, 6.45) is 8.07. The third-order valence-corrected chi connectivity index (χ3v) is 7.26. The number of nitrogens with zero attached hydrogens (tertiary/aromatic N) is 3. The van der Waals surface area contributed by atoms with Crippen LogP contribution < -0.4 is 19.7 Å². The molecule has 1 aromatic heterocycles. The minimum absolute atomic E-state index is 0.0277. The fraction of sp³-hybridized carbons (Fsp3) is 0.385. The summed E-state index contributed by atoms with van der Waals surface area (Å²) < 4.78 is 40.8. The molecule has 2 aliphatic heterocycles. The van der Waals surface area contributed by atoms with Crippen LogP contribution >= 0.6 is 0 Å². The molecule has 0 bridgehead atoms. The fourth-order valence-corrected chi connectivity index (χ4v) is 5.40. The number of carbonyl (C=O) groups excluding carboxylic acids is 2. The largest absolute Gasteiger partial charge is 0.493 e. The molecule has 1 aliphatic carbocycles. The topological polar surface area (TPSA) is 93.1 Å². The van der Waals surface area contributed by atoms with Gasteiger partial charge >= 0.3 is 0 Å². The van der Waals surface area contributed by atoms with E-state index in [0.29, 0.717) is 29.8 Å². The Morgan fingerprint density at radius 2 is 1.81 bits per heavy atom. The van der Waals surface area contributed by atoms with E-state index in [1.165, 1.54) is 32.2 Å². The van der Waals surface area contributed by atoms with Crippen LogP contribution in [0.1, 0.15) is 32.3 Å². The number of piperidine rings is 1. The van der Waals surface area contributed by atoms with Crippen LogP contribution in [0, 0.1) is 28.4 Å². The van der Waals surface area contributed by atoms with Gasteiger partial charge in [-0.05, 0) is 18.9 Å². The van der Waals surface area contributed by atoms with Crippen LogP contribution in [0.5, 0.6) is 11.5 Å². The van der Waals surface area contributed by atoms with Gasteiger partial charge in [-0.1, -0.05) is 13.0 Å². The Kier molecular flexibility index (Phi) is 5.57. The van der Waals surface area contributed by atoms with Gasteiger partial charge in [0.15, 0.2) is 23.1 Å². The minimum Gasteiger partial charge on any atom is -0.493 e. The average molecular weight is 497 g/mol. The highest BCUT2D eigenvalue weighted by Gasteiger charge is 2.65. The number of halogens is 2. The lowest BCUT2D eigenvalue weighted by Gasteiger charge is -2.49. The van der Waals surface area contributed by atoms with Crippen molar-refractivity contribution < 1.29 is 27.8 Å². The summed E-state index contributed by atoms with van der Waals surface area (Å²) in [5.41, 5.74) is -0.0918. The van der Waals surface area contributed by atoms with E-state index in [4.69, 9.17) is 9.47 Å². The third-order valence-electron chi connectivity index (χ3n) is 7.26. The molecule has 1 N–H and O–H groups in total. The molecule has 2 aromatic rings. The summed E-state index contributed by atoms with van der Waals surface area (Å²) in [6.45, 7) is 3.38. The van der Waals surface area contributed by atoms with E-state index in [0.717, 1.165) is 6.07 Å². The molecule has 188 valence electrons. The Balaban J connectivity index is 1.55. The summed E-state index contributed by atoms with van der Waals surface area (Å²) in [7, 11) is 2.54. The maximum Gasteiger partial charge on any atom is 0.234 e. The van der Waals surface area contributed by atoms with Gasteiger partial charge in [-0.15, -0.1) is 0 Å². The van der Waals surface area contributed by atoms with Gasteiger partial charge in [-0.25, -0.2) is 8.78 Å². The first-order valence-electron chi connectivity index (χ1n) is 11.6. The summed E-state index contributed by atoms with van der Waals surface area (Å²) in [5.74, 6) is -3.11. The predicted octanol–water partition coefficient (Wildman–Crippen LogP) is 4.21. The van der Waals surface area contributed by atoms with Crippen molar-refractivity contribution in [2.75, 3.05) is 31.0 Å². The van der Waals surface area contributed by atoms with Crippen LogP contribution in [0.2, 0.25) is 0 Å². The van der Waals surface area contributed by atoms with Gasteiger partial charge in [0.1, 0.15) is 5.69 Å². The third kappa shape index (κ3) is 3.63. The monoisotopic (exact) mass is 496 g/mol. The molecule has 10 heteroatoms. The van der Waals surface area contributed by atoms with Gasteiger partial charge in [0.05, 0.1) is 37.2 Å². The van der Waals surface area contributed by atoms with Crippen molar-refractivity contribution >= 4 is 35.1 Å². The molecule has 1 saturated heterocycles. The van der Waals surface area contributed by atoms with Gasteiger partial charge in [0.25, 0.3) is 0 Å². The Morgan fingerprint density at radius 1 is 1.14 bits per heavy atom. The Morgan fingerprint density at radius 3 is 2.39 bits per heavy atom. The molecule has 2 atom stereocenters. The number of carbonyl (C=O) groups is 2. The Hall–Kier alpha value is -3.82. The van der Waals surface area contributed by atoms with E-state index in [1.54, 1.807) is 18.5 Å². The lowest BCUT2D eigenvalue weighted by Crippen LogP contribution is -2.58. The van der Waals surface area contributed by atoms with Gasteiger partial charge in [-0.3, -0.25) is 19.6 Å². The summed E-state index contributed by atoms with van der Waals surface area (Å²) in [5, 5.41) is 2.70. The van der Waals surface area contributed by atoms with E-state index in [1.807, 2.05) is 13.0 Å². The van der Waals surface area contributed by atoms with Crippen molar-refractivity contribution in [2.24, 2.45) is 21.7 Å². The Bertz CT molecular complexity index is 1310. The molecule has 1 saturated carbocycles. The maximum absolute atomic E-state index is 15.3. The number of hydrogen-bond donors (Lipinski definition) is 1. The molecule has 8 nitrogen and oxygen atoms in total. The first-order chi connectivity index (χ1) is 17.1. The second-order valence-electron chi connectivity index (χ2n) is 9.74. The standard InChI is InChI=1S/C26H26F2N4O4/c1-14(33)31-16-7-15(10-29-11-16)17-8-20-25(2,12-30-17)13-32(24(34)26(20)5-6-26)23-21(27)18(35-3)9-19(36-4)22(23)28/h7-12,20H,5-6,13H2,1-4H3,(H,31,33). The van der Waals surface area contributed by atoms with E-state index in [-0.39, 0.29) is 35.8 Å². The zero-order valence-corrected chi connectivity index (χ0v) is 20.4. The van der Waals surface area contributed by atoms with Crippen LogP contribution in [0.3, 0.4) is 0 Å². The van der Waals surface area contributed by atoms with E-state index >= 15 is 8.78 Å². The van der Waals surface area contributed by atoms with Crippen LogP contribution in [0.15, 0.2) is 35.6 Å². The highest BCUT2D eigenvalue weighted by Crippen LogP contribution is 2.63. The van der Waals surface area contributed by atoms with Crippen molar-refractivity contribution in [3.05, 3.63) is 47.8 Å². The normalized spacial score (nSPS) is 23.7. The number of benzene rings is 1. The van der Waals surface area contributed by atoms with Gasteiger partial charge in [0, 0.05) is 48.8 Å². The van der Waals surface area contributed by atoms with Crippen molar-refractivity contribution in [1.29, 1.82) is 0 Å². The number of nitrogens with one attached hydrogen (secondary N) is 1. The lowest BCUT2D eigenvalue weighted by atomic mass is 9.64. The number of pyridine rings is 1. The first kappa shape index (κ1) is 23.9. The quantitative estimate of drug-likeness (QED) is 0.670. The average Bonchev–Trinajstić information content (AvgIpc) is 3.64. The number of ether oxygens (including phenoxy) is 2. The second kappa shape index (κ2) is 8.39. The molecular formula is C26H26F2N4O4. The van der Waals surface area contributed by atoms with Crippen molar-refractivity contribution in [3.63, 3.8) is 0 Å². The Labute approximate surface area is 207 Å². The SMILES string of the molecule is COc1cc(OC)c(F)c(N2CC3(C)C=NC(c4cncc(NC(C)=O)c4)=CC3C3(CC3)C2=O)c1F. The van der Waals surface area contributed by atoms with Crippen LogP contribution in [-0.4, -0.2) is 43.8 Å². The molecule has 0 radical (unpaired) electrons. The molecule has 2 unspecified atom stereocenters. The molecule has 36 heavy (non-hydrogen) atoms. The molecule has 1 spiro atoms. The molecular weight excluding hydrogens is 470 g/mol. The number of allylic oxidation sites excluding steroid dienone is 1. The highest BCUT2D eigenvalue weighted by atomic mass is 19.1. The maximum atomic E-state index is 15.3. The molecule has 2 amide bonds. The lowest BCUT2D eigenvalue weighted by molar-refractivity contribution is -0.128. The molecule has 3 aliphatic rings. The number of fused-ring (bicyclic) bond motifs is 2. The molecule has 3 heterocycles. The van der Waals surface area contributed by atoms with Crippen molar-refractivity contribution in [2.45, 2.75) is 26.7 Å². The number of hydrogen-bond acceptors (Lipinski definition) is 6. The van der Waals surface area contributed by atoms with Crippen LogP contribution in [0.25, 0.3) is 5.70 Å². The van der Waals surface area contributed by atoms with E-state index in [2.05, 4.69) is 15.3 Å². The van der Waals surface area contributed by atoms with E-state index in [9.17, 15) is 9.59 Å². The molecule has 5 rings (SSSR count). The van der Waals surface area contributed by atoms with Gasteiger partial charge in [0.2, 0.25) is 11.8 Å². The number of aromatic nitrogens is 1. The minimum atomic E-state index is -0.952. The number of rotatable bonds is 5. The second-order valence-corrected chi connectivity index (χ2v) is 9.74. The molecule has 1 aromatic carbocycles.